The van der Waals surface area contributed by atoms with Gasteiger partial charge in [-0.15, -0.1) is 0 Å². The molecule has 0 atom stereocenters. The Morgan fingerprint density at radius 1 is 0.879 bits per heavy atom. The molecule has 9 heteroatoms. The van der Waals surface area contributed by atoms with E-state index in [1.807, 2.05) is 6.92 Å². The third-order valence-corrected chi connectivity index (χ3v) is 6.51. The van der Waals surface area contributed by atoms with Crippen LogP contribution in [0.25, 0.3) is 0 Å². The highest BCUT2D eigenvalue weighted by Gasteiger charge is 2.28. The van der Waals surface area contributed by atoms with Crippen molar-refractivity contribution in [2.24, 2.45) is 0 Å². The average Bonchev–Trinajstić information content (AvgIpc) is 2.83. The van der Waals surface area contributed by atoms with E-state index in [1.165, 1.54) is 32.4 Å². The van der Waals surface area contributed by atoms with E-state index in [0.717, 1.165) is 4.31 Å². The number of amides is 1. The van der Waals surface area contributed by atoms with Gasteiger partial charge in [0.15, 0.2) is 11.5 Å². The molecule has 0 spiro atoms. The number of hydrogen-bond donors (Lipinski definition) is 1. The highest BCUT2D eigenvalue weighted by atomic mass is 32.2. The number of benzene rings is 3. The number of carbonyl (C=O) groups is 1. The second kappa shape index (κ2) is 10.7. The van der Waals surface area contributed by atoms with Crippen molar-refractivity contribution >= 4 is 27.3 Å². The predicted octanol–water partition coefficient (Wildman–Crippen LogP) is 3.94. The molecule has 0 bridgehead atoms. The number of nitrogens with zero attached hydrogens (tertiary/aromatic N) is 1. The van der Waals surface area contributed by atoms with Gasteiger partial charge in [0.25, 0.3) is 10.0 Å². The van der Waals surface area contributed by atoms with Crippen LogP contribution < -0.4 is 23.8 Å². The van der Waals surface area contributed by atoms with Crippen LogP contribution in [0.1, 0.15) is 6.92 Å². The highest BCUT2D eigenvalue weighted by Crippen LogP contribution is 2.32. The Morgan fingerprint density at radius 3 is 2.21 bits per heavy atom. The first-order valence-electron chi connectivity index (χ1n) is 10.2. The summed E-state index contributed by atoms with van der Waals surface area (Å²) in [5.74, 6) is 0.645. The van der Waals surface area contributed by atoms with Crippen molar-refractivity contribution in [2.75, 3.05) is 37.0 Å². The first-order valence-corrected chi connectivity index (χ1v) is 11.7. The van der Waals surface area contributed by atoms with Gasteiger partial charge in [-0.2, -0.15) is 0 Å². The van der Waals surface area contributed by atoms with Crippen molar-refractivity contribution in [3.05, 3.63) is 72.8 Å². The topological polar surface area (TPSA) is 94.2 Å². The maximum Gasteiger partial charge on any atom is 0.264 e. The SMILES string of the molecule is CCOc1ccccc1NC(=O)CN(c1ccccc1)S(=O)(=O)c1ccc(OC)c(OC)c1. The van der Waals surface area contributed by atoms with E-state index in [2.05, 4.69) is 5.32 Å². The molecule has 0 aliphatic heterocycles. The number of carbonyl (C=O) groups excluding carboxylic acids is 1. The number of sulfonamides is 1. The monoisotopic (exact) mass is 470 g/mol. The molecule has 0 aromatic heterocycles. The molecule has 1 amide bonds. The molecule has 0 saturated carbocycles. The van der Waals surface area contributed by atoms with Gasteiger partial charge in [-0.05, 0) is 43.3 Å². The molecule has 8 nitrogen and oxygen atoms in total. The number of ether oxygens (including phenoxy) is 3. The van der Waals surface area contributed by atoms with Gasteiger partial charge >= 0.3 is 0 Å². The summed E-state index contributed by atoms with van der Waals surface area (Å²) in [6.45, 7) is 1.82. The lowest BCUT2D eigenvalue weighted by Gasteiger charge is -2.24. The molecule has 0 heterocycles. The van der Waals surface area contributed by atoms with Crippen molar-refractivity contribution in [2.45, 2.75) is 11.8 Å². The molecule has 1 N–H and O–H groups in total. The van der Waals surface area contributed by atoms with Crippen molar-refractivity contribution in [3.8, 4) is 17.2 Å². The summed E-state index contributed by atoms with van der Waals surface area (Å²) in [5.41, 5.74) is 0.807. The van der Waals surface area contributed by atoms with Crippen LogP contribution >= 0.6 is 0 Å². The van der Waals surface area contributed by atoms with E-state index in [0.29, 0.717) is 29.5 Å². The van der Waals surface area contributed by atoms with Crippen LogP contribution in [0, 0.1) is 0 Å². The Bertz CT molecular complexity index is 1200. The minimum atomic E-state index is -4.11. The summed E-state index contributed by atoms with van der Waals surface area (Å²) in [6.07, 6.45) is 0. The van der Waals surface area contributed by atoms with Crippen LogP contribution in [0.4, 0.5) is 11.4 Å². The van der Waals surface area contributed by atoms with Crippen LogP contribution in [0.2, 0.25) is 0 Å². The normalized spacial score (nSPS) is 10.9. The molecule has 0 unspecified atom stereocenters. The maximum atomic E-state index is 13.6. The van der Waals surface area contributed by atoms with E-state index < -0.39 is 22.5 Å². The first-order chi connectivity index (χ1) is 15.9. The molecule has 3 rings (SSSR count). The summed E-state index contributed by atoms with van der Waals surface area (Å²) in [4.78, 5) is 12.9. The number of anilines is 2. The van der Waals surface area contributed by atoms with Gasteiger partial charge < -0.3 is 19.5 Å². The van der Waals surface area contributed by atoms with Gasteiger partial charge in [0, 0.05) is 6.07 Å². The summed E-state index contributed by atoms with van der Waals surface area (Å²) >= 11 is 0. The van der Waals surface area contributed by atoms with Gasteiger partial charge in [-0.1, -0.05) is 30.3 Å². The fourth-order valence-electron chi connectivity index (χ4n) is 3.18. The average molecular weight is 471 g/mol. The zero-order valence-corrected chi connectivity index (χ0v) is 19.5. The van der Waals surface area contributed by atoms with E-state index in [-0.39, 0.29) is 10.6 Å². The molecular formula is C24H26N2O6S. The summed E-state index contributed by atoms with van der Waals surface area (Å²) in [7, 11) is -1.23. The standard InChI is InChI=1S/C24H26N2O6S/c1-4-32-21-13-9-8-12-20(21)25-24(27)17-26(18-10-6-5-7-11-18)33(28,29)19-14-15-22(30-2)23(16-19)31-3/h5-16H,4,17H2,1-3H3,(H,25,27). The van der Waals surface area contributed by atoms with Crippen LogP contribution in [0.5, 0.6) is 17.2 Å². The Kier molecular flexibility index (Phi) is 7.78. The zero-order chi connectivity index (χ0) is 23.8. The van der Waals surface area contributed by atoms with Gasteiger partial charge in [0.2, 0.25) is 5.91 Å². The van der Waals surface area contributed by atoms with Gasteiger partial charge in [-0.3, -0.25) is 9.10 Å². The van der Waals surface area contributed by atoms with Crippen molar-refractivity contribution in [3.63, 3.8) is 0 Å². The third kappa shape index (κ3) is 5.56. The maximum absolute atomic E-state index is 13.6. The van der Waals surface area contributed by atoms with Crippen LogP contribution in [-0.2, 0) is 14.8 Å². The lowest BCUT2D eigenvalue weighted by Crippen LogP contribution is -2.38. The molecule has 33 heavy (non-hydrogen) atoms. The number of para-hydroxylation sites is 3. The summed E-state index contributed by atoms with van der Waals surface area (Å²) < 4.78 is 44.2. The van der Waals surface area contributed by atoms with Crippen LogP contribution in [0.3, 0.4) is 0 Å². The first kappa shape index (κ1) is 23.9. The molecule has 0 aliphatic carbocycles. The molecule has 0 radical (unpaired) electrons. The minimum absolute atomic E-state index is 0.0356. The van der Waals surface area contributed by atoms with E-state index in [9.17, 15) is 13.2 Å². The molecule has 0 aliphatic rings. The lowest BCUT2D eigenvalue weighted by atomic mass is 10.3. The number of nitrogens with one attached hydrogen (secondary N) is 1. The second-order valence-electron chi connectivity index (χ2n) is 6.84. The lowest BCUT2D eigenvalue weighted by molar-refractivity contribution is -0.114. The number of rotatable bonds is 10. The second-order valence-corrected chi connectivity index (χ2v) is 8.70. The molecule has 174 valence electrons. The fourth-order valence-corrected chi connectivity index (χ4v) is 4.62. The molecular weight excluding hydrogens is 444 g/mol. The minimum Gasteiger partial charge on any atom is -0.493 e. The van der Waals surface area contributed by atoms with Crippen molar-refractivity contribution in [1.82, 2.24) is 0 Å². The highest BCUT2D eigenvalue weighted by molar-refractivity contribution is 7.92. The number of hydrogen-bond acceptors (Lipinski definition) is 6. The largest absolute Gasteiger partial charge is 0.493 e. The molecule has 0 fully saturated rings. The Morgan fingerprint density at radius 2 is 1.55 bits per heavy atom. The quantitative estimate of drug-likeness (QED) is 0.482. The van der Waals surface area contributed by atoms with Gasteiger partial charge in [0.1, 0.15) is 12.3 Å². The molecule has 3 aromatic rings. The van der Waals surface area contributed by atoms with Gasteiger partial charge in [0.05, 0.1) is 37.1 Å². The van der Waals surface area contributed by atoms with Gasteiger partial charge in [-0.25, -0.2) is 8.42 Å². The van der Waals surface area contributed by atoms with E-state index in [1.54, 1.807) is 54.6 Å². The third-order valence-electron chi connectivity index (χ3n) is 4.74. The number of methoxy groups -OCH3 is 2. The predicted molar refractivity (Wildman–Crippen MR) is 127 cm³/mol. The molecule has 0 saturated heterocycles. The summed E-state index contributed by atoms with van der Waals surface area (Å²) in [5, 5.41) is 2.75. The van der Waals surface area contributed by atoms with E-state index >= 15 is 0 Å². The fraction of sp³-hybridized carbons (Fsp3) is 0.208. The van der Waals surface area contributed by atoms with Crippen molar-refractivity contribution in [1.29, 1.82) is 0 Å². The van der Waals surface area contributed by atoms with Crippen LogP contribution in [-0.4, -0.2) is 41.7 Å². The molecule has 3 aromatic carbocycles. The Labute approximate surface area is 193 Å². The Hall–Kier alpha value is -3.72. The summed E-state index contributed by atoms with van der Waals surface area (Å²) in [6, 6.07) is 19.7. The smallest absolute Gasteiger partial charge is 0.264 e. The van der Waals surface area contributed by atoms with Crippen molar-refractivity contribution < 1.29 is 27.4 Å². The van der Waals surface area contributed by atoms with Crippen LogP contribution in [0.15, 0.2) is 77.7 Å². The zero-order valence-electron chi connectivity index (χ0n) is 18.6. The Balaban J connectivity index is 1.95. The van der Waals surface area contributed by atoms with E-state index in [4.69, 9.17) is 14.2 Å².